The van der Waals surface area contributed by atoms with Gasteiger partial charge in [0.15, 0.2) is 5.78 Å². The van der Waals surface area contributed by atoms with Gasteiger partial charge in [0, 0.05) is 6.61 Å². The normalized spacial score (nSPS) is 18.3. The molecular formula is C22H25N3O2. The maximum atomic E-state index is 13.3. The topological polar surface area (TPSA) is 47.4 Å². The van der Waals surface area contributed by atoms with E-state index >= 15 is 0 Å². The van der Waals surface area contributed by atoms with E-state index in [1.54, 1.807) is 0 Å². The monoisotopic (exact) mass is 363 g/mol. The van der Waals surface area contributed by atoms with Gasteiger partial charge >= 0.3 is 0 Å². The van der Waals surface area contributed by atoms with Gasteiger partial charge in [-0.2, -0.15) is 0 Å². The maximum absolute atomic E-state index is 13.3. The van der Waals surface area contributed by atoms with E-state index in [1.165, 1.54) is 0 Å². The number of imidazole rings is 1. The van der Waals surface area contributed by atoms with E-state index in [4.69, 9.17) is 9.72 Å². The number of ketones is 1. The van der Waals surface area contributed by atoms with Crippen LogP contribution in [0.2, 0.25) is 0 Å². The molecule has 1 fully saturated rings. The Kier molecular flexibility index (Phi) is 5.05. The number of para-hydroxylation sites is 2. The van der Waals surface area contributed by atoms with Crippen molar-refractivity contribution in [3.05, 3.63) is 66.0 Å². The lowest BCUT2D eigenvalue weighted by atomic mass is 10.0. The summed E-state index contributed by atoms with van der Waals surface area (Å²) in [6, 6.07) is 17.6. The van der Waals surface area contributed by atoms with Gasteiger partial charge < -0.3 is 9.30 Å². The van der Waals surface area contributed by atoms with E-state index < -0.39 is 0 Å². The summed E-state index contributed by atoms with van der Waals surface area (Å²) in [6.45, 7) is 1.04. The van der Waals surface area contributed by atoms with Crippen molar-refractivity contribution < 1.29 is 9.53 Å². The molecule has 0 N–H and O–H groups in total. The molecule has 27 heavy (non-hydrogen) atoms. The van der Waals surface area contributed by atoms with Crippen LogP contribution in [-0.4, -0.2) is 40.9 Å². The molecule has 0 bridgehead atoms. The lowest BCUT2D eigenvalue weighted by Crippen LogP contribution is -2.31. The first-order chi connectivity index (χ1) is 13.1. The summed E-state index contributed by atoms with van der Waals surface area (Å²) < 4.78 is 7.93. The van der Waals surface area contributed by atoms with Gasteiger partial charge in [0.1, 0.15) is 11.9 Å². The summed E-state index contributed by atoms with van der Waals surface area (Å²) in [4.78, 5) is 20.1. The smallest absolute Gasteiger partial charge is 0.174 e. The number of aromatic nitrogens is 2. The molecule has 4 rings (SSSR count). The highest BCUT2D eigenvalue weighted by atomic mass is 16.5. The van der Waals surface area contributed by atoms with E-state index in [0.29, 0.717) is 0 Å². The van der Waals surface area contributed by atoms with Crippen molar-refractivity contribution in [1.82, 2.24) is 14.5 Å². The first-order valence-electron chi connectivity index (χ1n) is 9.46. The first-order valence-corrected chi connectivity index (χ1v) is 9.46. The number of rotatable bonds is 6. The zero-order valence-electron chi connectivity index (χ0n) is 15.8. The number of hydrogen-bond acceptors (Lipinski definition) is 4. The lowest BCUT2D eigenvalue weighted by molar-refractivity contribution is -0.124. The lowest BCUT2D eigenvalue weighted by Gasteiger charge is -2.24. The molecule has 2 atom stereocenters. The molecule has 5 heteroatoms. The Bertz CT molecular complexity index is 927. The number of Topliss-reactive ketones (excluding diaryl/α,β-unsaturated/α-hetero) is 1. The minimum Gasteiger partial charge on any atom is -0.370 e. The van der Waals surface area contributed by atoms with Crippen molar-refractivity contribution >= 4 is 16.8 Å². The molecule has 140 valence electrons. The van der Waals surface area contributed by atoms with Gasteiger partial charge in [-0.25, -0.2) is 4.98 Å². The second-order valence-electron chi connectivity index (χ2n) is 7.29. The van der Waals surface area contributed by atoms with E-state index in [9.17, 15) is 4.79 Å². The van der Waals surface area contributed by atoms with Gasteiger partial charge in [-0.3, -0.25) is 9.69 Å². The van der Waals surface area contributed by atoms with Crippen LogP contribution in [0.25, 0.3) is 11.0 Å². The standard InChI is InChI=1S/C22H25N3O2/c1-24(2)21(16-9-4-3-5-10-16)19(26)15-25-18-12-7-6-11-17(18)23-22(25)20-13-8-14-27-20/h3-7,9-12,20-21H,8,13-15H2,1-2H3. The summed E-state index contributed by atoms with van der Waals surface area (Å²) >= 11 is 0. The predicted octanol–water partition coefficient (Wildman–Crippen LogP) is 3.76. The molecule has 2 aromatic carbocycles. The molecule has 0 aliphatic carbocycles. The second-order valence-corrected chi connectivity index (χ2v) is 7.29. The Morgan fingerprint density at radius 1 is 1.19 bits per heavy atom. The van der Waals surface area contributed by atoms with Crippen molar-refractivity contribution in [1.29, 1.82) is 0 Å². The van der Waals surface area contributed by atoms with Crippen LogP contribution in [0.15, 0.2) is 54.6 Å². The average Bonchev–Trinajstić information content (AvgIpc) is 3.31. The van der Waals surface area contributed by atoms with Crippen molar-refractivity contribution in [3.63, 3.8) is 0 Å². The molecular weight excluding hydrogens is 338 g/mol. The van der Waals surface area contributed by atoms with Crippen LogP contribution in [0.4, 0.5) is 0 Å². The van der Waals surface area contributed by atoms with Crippen LogP contribution in [0.3, 0.4) is 0 Å². The van der Waals surface area contributed by atoms with Gasteiger partial charge in [0.05, 0.1) is 23.6 Å². The molecule has 1 aromatic heterocycles. The molecule has 1 saturated heterocycles. The van der Waals surface area contributed by atoms with Crippen LogP contribution in [0, 0.1) is 0 Å². The number of ether oxygens (including phenoxy) is 1. The molecule has 3 aromatic rings. The SMILES string of the molecule is CN(C)C(C(=O)Cn1c(C2CCCO2)nc2ccccc21)c1ccccc1. The summed E-state index contributed by atoms with van der Waals surface area (Å²) in [7, 11) is 3.89. The Balaban J connectivity index is 1.71. The summed E-state index contributed by atoms with van der Waals surface area (Å²) in [5.41, 5.74) is 2.91. The van der Waals surface area contributed by atoms with Gasteiger partial charge in [-0.1, -0.05) is 42.5 Å². The molecule has 0 radical (unpaired) electrons. The number of carbonyl (C=O) groups excluding carboxylic acids is 1. The molecule has 1 aliphatic heterocycles. The Morgan fingerprint density at radius 3 is 2.63 bits per heavy atom. The van der Waals surface area contributed by atoms with Crippen LogP contribution in [0.1, 0.15) is 36.4 Å². The van der Waals surface area contributed by atoms with Crippen molar-refractivity contribution in [2.24, 2.45) is 0 Å². The molecule has 1 aliphatic rings. The van der Waals surface area contributed by atoms with Crippen LogP contribution < -0.4 is 0 Å². The molecule has 0 spiro atoms. The third-order valence-electron chi connectivity index (χ3n) is 5.15. The fourth-order valence-corrected chi connectivity index (χ4v) is 3.94. The molecule has 5 nitrogen and oxygen atoms in total. The Hall–Kier alpha value is -2.50. The highest BCUT2D eigenvalue weighted by Crippen LogP contribution is 2.31. The first kappa shape index (κ1) is 17.9. The Labute approximate surface area is 159 Å². The zero-order valence-corrected chi connectivity index (χ0v) is 15.8. The summed E-state index contributed by atoms with van der Waals surface area (Å²) in [5.74, 6) is 1.02. The number of hydrogen-bond donors (Lipinski definition) is 0. The van der Waals surface area contributed by atoms with Crippen LogP contribution in [-0.2, 0) is 16.1 Å². The van der Waals surface area contributed by atoms with Crippen LogP contribution in [0.5, 0.6) is 0 Å². The van der Waals surface area contributed by atoms with Crippen molar-refractivity contribution in [3.8, 4) is 0 Å². The number of fused-ring (bicyclic) bond motifs is 1. The zero-order chi connectivity index (χ0) is 18.8. The third-order valence-corrected chi connectivity index (χ3v) is 5.15. The predicted molar refractivity (Wildman–Crippen MR) is 106 cm³/mol. The van der Waals surface area contributed by atoms with E-state index in [-0.39, 0.29) is 24.5 Å². The number of likely N-dealkylation sites (N-methyl/N-ethyl adjacent to an activating group) is 1. The van der Waals surface area contributed by atoms with Crippen LogP contribution >= 0.6 is 0 Å². The fourth-order valence-electron chi connectivity index (χ4n) is 3.94. The number of benzene rings is 2. The van der Waals surface area contributed by atoms with E-state index in [0.717, 1.165) is 41.9 Å². The largest absolute Gasteiger partial charge is 0.370 e. The van der Waals surface area contributed by atoms with Gasteiger partial charge in [-0.15, -0.1) is 0 Å². The molecule has 2 heterocycles. The van der Waals surface area contributed by atoms with Gasteiger partial charge in [-0.05, 0) is 44.6 Å². The molecule has 0 saturated carbocycles. The quantitative estimate of drug-likeness (QED) is 0.669. The number of nitrogens with zero attached hydrogens (tertiary/aromatic N) is 3. The van der Waals surface area contributed by atoms with Gasteiger partial charge in [0.2, 0.25) is 0 Å². The highest BCUT2D eigenvalue weighted by Gasteiger charge is 2.28. The fraction of sp³-hybridized carbons (Fsp3) is 0.364. The summed E-state index contributed by atoms with van der Waals surface area (Å²) in [5, 5.41) is 0. The molecule has 0 amide bonds. The van der Waals surface area contributed by atoms with Crippen molar-refractivity contribution in [2.75, 3.05) is 20.7 Å². The molecule has 2 unspecified atom stereocenters. The summed E-state index contributed by atoms with van der Waals surface area (Å²) in [6.07, 6.45) is 1.96. The average molecular weight is 363 g/mol. The van der Waals surface area contributed by atoms with E-state index in [1.807, 2.05) is 78.2 Å². The maximum Gasteiger partial charge on any atom is 0.174 e. The van der Waals surface area contributed by atoms with Gasteiger partial charge in [0.25, 0.3) is 0 Å². The van der Waals surface area contributed by atoms with E-state index in [2.05, 4.69) is 0 Å². The highest BCUT2D eigenvalue weighted by molar-refractivity contribution is 5.87. The van der Waals surface area contributed by atoms with Crippen molar-refractivity contribution in [2.45, 2.75) is 31.5 Å². The number of carbonyl (C=O) groups is 1. The third kappa shape index (κ3) is 3.53. The minimum absolute atomic E-state index is 0.0280. The Morgan fingerprint density at radius 2 is 1.93 bits per heavy atom. The second kappa shape index (κ2) is 7.62. The minimum atomic E-state index is -0.287.